The number of carbonyl (C=O) groups is 4. The number of amides is 4. The van der Waals surface area contributed by atoms with Gasteiger partial charge in [-0.05, 0) is 43.4 Å². The van der Waals surface area contributed by atoms with Gasteiger partial charge in [0.05, 0.1) is 17.0 Å². The van der Waals surface area contributed by atoms with Crippen LogP contribution in [0.15, 0.2) is 53.5 Å². The smallest absolute Gasteiger partial charge is 0.269 e. The molecule has 1 aliphatic rings. The van der Waals surface area contributed by atoms with E-state index in [-0.39, 0.29) is 43.6 Å². The van der Waals surface area contributed by atoms with Crippen molar-refractivity contribution in [2.75, 3.05) is 25.4 Å². The quantitative estimate of drug-likeness (QED) is 0.0456. The molecule has 2 atom stereocenters. The monoisotopic (exact) mass is 581 g/mol. The number of para-hydroxylation sites is 1. The molecule has 1 aliphatic heterocycles. The van der Waals surface area contributed by atoms with Crippen LogP contribution in [0, 0.1) is 10.1 Å². The Bertz CT molecular complexity index is 1330. The summed E-state index contributed by atoms with van der Waals surface area (Å²) in [5, 5.41) is 18.6. The van der Waals surface area contributed by atoms with Gasteiger partial charge >= 0.3 is 0 Å². The van der Waals surface area contributed by atoms with Crippen molar-refractivity contribution < 1.29 is 24.1 Å². The van der Waals surface area contributed by atoms with Crippen LogP contribution in [0.5, 0.6) is 0 Å². The van der Waals surface area contributed by atoms with Crippen molar-refractivity contribution in [2.45, 2.75) is 44.3 Å². The van der Waals surface area contributed by atoms with E-state index in [0.717, 1.165) is 0 Å². The Morgan fingerprint density at radius 2 is 1.79 bits per heavy atom. The number of likely N-dealkylation sites (tertiary alicyclic amines) is 1. The number of nitro benzene ring substituents is 1. The van der Waals surface area contributed by atoms with Crippen LogP contribution in [0.2, 0.25) is 0 Å². The summed E-state index contributed by atoms with van der Waals surface area (Å²) in [4.78, 5) is 67.4. The number of nitrogen functional groups attached to an aromatic ring is 1. The van der Waals surface area contributed by atoms with Crippen LogP contribution >= 0.6 is 0 Å². The van der Waals surface area contributed by atoms with Gasteiger partial charge in [-0.3, -0.25) is 34.3 Å². The van der Waals surface area contributed by atoms with Gasteiger partial charge in [0.15, 0.2) is 5.96 Å². The van der Waals surface area contributed by atoms with E-state index in [4.69, 9.17) is 17.2 Å². The first-order valence-electron chi connectivity index (χ1n) is 13.4. The first kappa shape index (κ1) is 31.3. The molecule has 0 radical (unpaired) electrons. The highest BCUT2D eigenvalue weighted by Gasteiger charge is 2.36. The molecule has 42 heavy (non-hydrogen) atoms. The number of hydrogen-bond donors (Lipinski definition) is 6. The Morgan fingerprint density at radius 3 is 2.45 bits per heavy atom. The molecule has 15 nitrogen and oxygen atoms in total. The Morgan fingerprint density at radius 1 is 1.07 bits per heavy atom. The Balaban J connectivity index is 1.59. The lowest BCUT2D eigenvalue weighted by atomic mass is 10.1. The summed E-state index contributed by atoms with van der Waals surface area (Å²) in [7, 11) is 0. The summed E-state index contributed by atoms with van der Waals surface area (Å²) in [6.07, 6.45) is 1.55. The number of nitrogens with one attached hydrogen (secondary N) is 3. The van der Waals surface area contributed by atoms with Crippen molar-refractivity contribution in [3.63, 3.8) is 0 Å². The van der Waals surface area contributed by atoms with Crippen molar-refractivity contribution in [1.82, 2.24) is 20.9 Å². The zero-order valence-electron chi connectivity index (χ0n) is 23.0. The number of rotatable bonds is 13. The Hall–Kier alpha value is -5.21. The molecule has 1 fully saturated rings. The fraction of sp³-hybridized carbons (Fsp3) is 0.370. The number of nitrogens with zero attached hydrogens (tertiary/aromatic N) is 3. The summed E-state index contributed by atoms with van der Waals surface area (Å²) < 4.78 is 0. The molecule has 0 saturated carbocycles. The third-order valence-corrected chi connectivity index (χ3v) is 6.65. The molecular formula is C27H35N9O6. The van der Waals surface area contributed by atoms with Crippen LogP contribution in [-0.2, 0) is 20.9 Å². The van der Waals surface area contributed by atoms with Crippen LogP contribution in [0.1, 0.15) is 41.6 Å². The fourth-order valence-corrected chi connectivity index (χ4v) is 4.46. The summed E-state index contributed by atoms with van der Waals surface area (Å²) in [5.74, 6) is -2.07. The standard InChI is InChI=1S/C27H35N9O6/c28-20-6-2-1-5-19(20)26(40)35-14-4-8-22(35)25(39)34-21(7-3-13-31-27(29)30)24(38)33-16-23(37)32-15-17-9-11-18(12-10-17)36(41)42/h1-2,5-6,9-12,21-22H,3-4,7-8,13-16,28H2,(H,32,37)(H,33,38)(H,34,39)(H4,29,30,31)/t21-,22-/m1/s1. The van der Waals surface area contributed by atoms with Gasteiger partial charge in [0.25, 0.3) is 11.6 Å². The van der Waals surface area contributed by atoms with Gasteiger partial charge in [-0.2, -0.15) is 0 Å². The minimum absolute atomic E-state index is 0.0699. The van der Waals surface area contributed by atoms with Crippen molar-refractivity contribution >= 4 is 41.0 Å². The lowest BCUT2D eigenvalue weighted by molar-refractivity contribution is -0.384. The van der Waals surface area contributed by atoms with Crippen LogP contribution in [0.3, 0.4) is 0 Å². The van der Waals surface area contributed by atoms with Crippen molar-refractivity contribution in [3.8, 4) is 0 Å². The van der Waals surface area contributed by atoms with Crippen LogP contribution in [0.4, 0.5) is 11.4 Å². The molecule has 224 valence electrons. The predicted molar refractivity (Wildman–Crippen MR) is 155 cm³/mol. The van der Waals surface area contributed by atoms with E-state index in [1.807, 2.05) is 0 Å². The van der Waals surface area contributed by atoms with Gasteiger partial charge in [0.2, 0.25) is 17.7 Å². The third-order valence-electron chi connectivity index (χ3n) is 6.65. The zero-order valence-corrected chi connectivity index (χ0v) is 23.0. The maximum atomic E-state index is 13.3. The van der Waals surface area contributed by atoms with Gasteiger partial charge in [-0.15, -0.1) is 0 Å². The maximum Gasteiger partial charge on any atom is 0.269 e. The average molecular weight is 582 g/mol. The van der Waals surface area contributed by atoms with E-state index >= 15 is 0 Å². The molecule has 1 saturated heterocycles. The molecule has 9 N–H and O–H groups in total. The highest BCUT2D eigenvalue weighted by atomic mass is 16.6. The lowest BCUT2D eigenvalue weighted by Crippen LogP contribution is -2.54. The SMILES string of the molecule is NC(N)=NCCC[C@@H](NC(=O)[C@H]1CCCN1C(=O)c1ccccc1N)C(=O)NCC(=O)NCc1ccc([N+](=O)[O-])cc1. The molecule has 0 bridgehead atoms. The molecule has 0 unspecified atom stereocenters. The molecule has 0 aromatic heterocycles. The summed E-state index contributed by atoms with van der Waals surface area (Å²) >= 11 is 0. The lowest BCUT2D eigenvalue weighted by Gasteiger charge is -2.26. The van der Waals surface area contributed by atoms with E-state index in [0.29, 0.717) is 42.6 Å². The third kappa shape index (κ3) is 8.90. The number of non-ortho nitro benzene ring substituents is 1. The van der Waals surface area contributed by atoms with Gasteiger partial charge < -0.3 is 38.1 Å². The van der Waals surface area contributed by atoms with Gasteiger partial charge in [0, 0.05) is 37.5 Å². The number of guanidine groups is 1. The molecule has 2 aromatic rings. The van der Waals surface area contributed by atoms with Gasteiger partial charge in [0.1, 0.15) is 12.1 Å². The minimum Gasteiger partial charge on any atom is -0.398 e. The normalized spacial score (nSPS) is 14.9. The second kappa shape index (κ2) is 15.0. The number of anilines is 1. The molecule has 15 heteroatoms. The number of hydrogen-bond acceptors (Lipinski definition) is 8. The number of carbonyl (C=O) groups excluding carboxylic acids is 4. The average Bonchev–Trinajstić information content (AvgIpc) is 3.46. The molecule has 2 aromatic carbocycles. The molecule has 0 aliphatic carbocycles. The van der Waals surface area contributed by atoms with Crippen LogP contribution < -0.4 is 33.2 Å². The first-order valence-corrected chi connectivity index (χ1v) is 13.4. The zero-order chi connectivity index (χ0) is 30.6. The molecule has 3 rings (SSSR count). The largest absolute Gasteiger partial charge is 0.398 e. The molecule has 0 spiro atoms. The topological polar surface area (TPSA) is 241 Å². The van der Waals surface area contributed by atoms with Crippen molar-refractivity contribution in [2.24, 2.45) is 16.5 Å². The summed E-state index contributed by atoms with van der Waals surface area (Å²) in [6, 6.07) is 10.5. The van der Waals surface area contributed by atoms with E-state index in [1.165, 1.54) is 29.2 Å². The summed E-state index contributed by atoms with van der Waals surface area (Å²) in [6.45, 7) is 0.316. The van der Waals surface area contributed by atoms with Crippen LogP contribution in [0.25, 0.3) is 0 Å². The van der Waals surface area contributed by atoms with Gasteiger partial charge in [-0.1, -0.05) is 24.3 Å². The van der Waals surface area contributed by atoms with Gasteiger partial charge in [-0.25, -0.2) is 0 Å². The first-order chi connectivity index (χ1) is 20.1. The van der Waals surface area contributed by atoms with Crippen LogP contribution in [-0.4, -0.2) is 71.1 Å². The number of aliphatic imine (C=N–C) groups is 1. The summed E-state index contributed by atoms with van der Waals surface area (Å²) in [5.41, 5.74) is 17.9. The number of benzene rings is 2. The van der Waals surface area contributed by atoms with E-state index in [9.17, 15) is 29.3 Å². The highest BCUT2D eigenvalue weighted by molar-refractivity contribution is 6.02. The van der Waals surface area contributed by atoms with E-state index in [2.05, 4.69) is 20.9 Å². The Labute approximate surface area is 242 Å². The van der Waals surface area contributed by atoms with E-state index in [1.54, 1.807) is 24.3 Å². The molecular weight excluding hydrogens is 546 g/mol. The van der Waals surface area contributed by atoms with Crippen molar-refractivity contribution in [1.29, 1.82) is 0 Å². The fourth-order valence-electron chi connectivity index (χ4n) is 4.46. The predicted octanol–water partition coefficient (Wildman–Crippen LogP) is -0.247. The maximum absolute atomic E-state index is 13.3. The second-order valence-electron chi connectivity index (χ2n) is 9.67. The van der Waals surface area contributed by atoms with Crippen molar-refractivity contribution in [3.05, 3.63) is 69.8 Å². The van der Waals surface area contributed by atoms with E-state index < -0.39 is 34.7 Å². The molecule has 1 heterocycles. The Kier molecular flexibility index (Phi) is 11.2. The molecule has 4 amide bonds. The number of nitrogens with two attached hydrogens (primary N) is 3. The minimum atomic E-state index is -1.02. The highest BCUT2D eigenvalue weighted by Crippen LogP contribution is 2.23. The number of nitro groups is 1. The second-order valence-corrected chi connectivity index (χ2v) is 9.67.